The Morgan fingerprint density at radius 2 is 2.03 bits per heavy atom. The summed E-state index contributed by atoms with van der Waals surface area (Å²) in [6.45, 7) is 9.96. The lowest BCUT2D eigenvalue weighted by Crippen LogP contribution is -2.78. The predicted octanol–water partition coefficient (Wildman–Crippen LogP) is 3.99. The molecule has 4 aliphatic rings. The molecule has 0 radical (unpaired) electrons. The van der Waals surface area contributed by atoms with Gasteiger partial charge in [-0.05, 0) is 93.9 Å². The van der Waals surface area contributed by atoms with Gasteiger partial charge in [0.25, 0.3) is 5.91 Å². The first-order valence-electron chi connectivity index (χ1n) is 13.8. The summed E-state index contributed by atoms with van der Waals surface area (Å²) < 4.78 is 6.78. The number of benzene rings is 2. The monoisotopic (exact) mass is 498 g/mol. The van der Waals surface area contributed by atoms with Gasteiger partial charge in [-0.2, -0.15) is 0 Å². The van der Waals surface area contributed by atoms with Crippen LogP contribution in [0.15, 0.2) is 36.4 Å². The fraction of sp³-hybridized carbons (Fsp3) is 0.531. The van der Waals surface area contributed by atoms with Gasteiger partial charge in [-0.3, -0.25) is 4.79 Å². The number of rotatable bonds is 3. The molecule has 2 aromatic rings. The van der Waals surface area contributed by atoms with E-state index in [0.29, 0.717) is 25.3 Å². The minimum atomic E-state index is -0.863. The first-order valence-corrected chi connectivity index (χ1v) is 13.8. The second-order valence-electron chi connectivity index (χ2n) is 12.2. The zero-order valence-corrected chi connectivity index (χ0v) is 22.7. The van der Waals surface area contributed by atoms with Crippen LogP contribution in [-0.2, 0) is 16.6 Å². The van der Waals surface area contributed by atoms with Crippen molar-refractivity contribution in [1.29, 1.82) is 0 Å². The molecular formula is C32H38N2O3. The van der Waals surface area contributed by atoms with Gasteiger partial charge in [0.15, 0.2) is 0 Å². The van der Waals surface area contributed by atoms with E-state index in [9.17, 15) is 9.90 Å². The maximum Gasteiger partial charge on any atom is 0.299 e. The number of ether oxygens (including phenoxy) is 1. The highest BCUT2D eigenvalue weighted by Crippen LogP contribution is 2.64. The van der Waals surface area contributed by atoms with Gasteiger partial charge in [-0.1, -0.05) is 38.0 Å². The van der Waals surface area contributed by atoms with Crippen LogP contribution in [0.2, 0.25) is 0 Å². The number of hydrogen-bond acceptors (Lipinski definition) is 4. The van der Waals surface area contributed by atoms with Gasteiger partial charge >= 0.3 is 0 Å². The Morgan fingerprint density at radius 1 is 1.22 bits per heavy atom. The predicted molar refractivity (Wildman–Crippen MR) is 145 cm³/mol. The van der Waals surface area contributed by atoms with Crippen LogP contribution in [0, 0.1) is 31.6 Å². The fourth-order valence-corrected chi connectivity index (χ4v) is 7.79. The van der Waals surface area contributed by atoms with Crippen LogP contribution in [0.5, 0.6) is 5.75 Å². The zero-order chi connectivity index (χ0) is 26.1. The van der Waals surface area contributed by atoms with Crippen LogP contribution in [0.1, 0.15) is 60.9 Å². The zero-order valence-electron chi connectivity index (χ0n) is 22.7. The van der Waals surface area contributed by atoms with Crippen molar-refractivity contribution in [2.45, 2.75) is 82.6 Å². The largest absolute Gasteiger partial charge is 0.487 e. The number of likely N-dealkylation sites (N-methyl/N-ethyl adjacent to an activating group) is 1. The third-order valence-electron chi connectivity index (χ3n) is 9.64. The molecule has 1 saturated heterocycles. The second-order valence-corrected chi connectivity index (χ2v) is 12.2. The fourth-order valence-electron chi connectivity index (χ4n) is 7.79. The van der Waals surface area contributed by atoms with Crippen LogP contribution in [0.3, 0.4) is 0 Å². The Balaban J connectivity index is 1.40. The summed E-state index contributed by atoms with van der Waals surface area (Å²) in [5.74, 6) is 7.13. The van der Waals surface area contributed by atoms with Crippen molar-refractivity contribution < 1.29 is 14.6 Å². The Morgan fingerprint density at radius 3 is 2.78 bits per heavy atom. The van der Waals surface area contributed by atoms with Crippen LogP contribution in [0.4, 0.5) is 0 Å². The van der Waals surface area contributed by atoms with Gasteiger partial charge in [0.1, 0.15) is 11.9 Å². The molecule has 5 atom stereocenters. The number of carbonyl (C=O) groups excluding carboxylic acids is 1. The summed E-state index contributed by atoms with van der Waals surface area (Å²) in [5, 5.41) is 12.4. The Hall–Kier alpha value is -2.81. The molecule has 1 N–H and O–H groups in total. The van der Waals surface area contributed by atoms with E-state index in [1.165, 1.54) is 22.3 Å². The summed E-state index contributed by atoms with van der Waals surface area (Å²) in [6.07, 6.45) is 2.77. The van der Waals surface area contributed by atoms with E-state index in [4.69, 9.17) is 4.74 Å². The van der Waals surface area contributed by atoms with Gasteiger partial charge in [0.05, 0.1) is 17.1 Å². The van der Waals surface area contributed by atoms with Gasteiger partial charge in [-0.15, -0.1) is 0 Å². The molecule has 2 aliphatic heterocycles. The number of likely N-dealkylation sites (tertiary alicyclic amines) is 1. The molecule has 2 aliphatic carbocycles. The standard InChI is InChI=1S/C32H38N2O3/c1-20(2)19-34(28(35)12-11-23-10-9-21(3)22(4)17-23)25-13-14-32(36)27-18-24-7-6-8-26-29(24)31(32,30(25)37-26)15-16-33(27)5/h6-10,17,20,25,27,30,36H,13-16,18-19H2,1-5H3/t25-,27+,30-,31-,32+/m0/s1. The molecule has 2 heterocycles. The number of aryl methyl sites for hydroxylation is 2. The van der Waals surface area contributed by atoms with E-state index >= 15 is 0 Å². The highest BCUT2D eigenvalue weighted by molar-refractivity contribution is 5.94. The van der Waals surface area contributed by atoms with Gasteiger partial charge in [0.2, 0.25) is 0 Å². The van der Waals surface area contributed by atoms with Crippen LogP contribution >= 0.6 is 0 Å². The molecule has 194 valence electrons. The number of carbonyl (C=O) groups is 1. The molecule has 5 nitrogen and oxygen atoms in total. The quantitative estimate of drug-likeness (QED) is 0.651. The van der Waals surface area contributed by atoms with Crippen molar-refractivity contribution in [2.24, 2.45) is 5.92 Å². The maximum absolute atomic E-state index is 13.8. The lowest BCUT2D eigenvalue weighted by atomic mass is 9.48. The summed E-state index contributed by atoms with van der Waals surface area (Å²) in [6, 6.07) is 12.3. The molecule has 6 rings (SSSR count). The summed E-state index contributed by atoms with van der Waals surface area (Å²) in [5.41, 5.74) is 4.39. The van der Waals surface area contributed by atoms with E-state index in [1.807, 2.05) is 17.0 Å². The number of hydrogen-bond donors (Lipinski definition) is 1. The number of piperidine rings is 1. The molecule has 1 spiro atoms. The third kappa shape index (κ3) is 3.49. The van der Waals surface area contributed by atoms with Crippen molar-refractivity contribution in [2.75, 3.05) is 20.1 Å². The molecule has 0 aromatic heterocycles. The third-order valence-corrected chi connectivity index (χ3v) is 9.64. The normalized spacial score (nSPS) is 31.3. The number of amides is 1. The molecular weight excluding hydrogens is 460 g/mol. The highest BCUT2D eigenvalue weighted by atomic mass is 16.5. The Kier molecular flexibility index (Phi) is 5.71. The second kappa shape index (κ2) is 8.61. The van der Waals surface area contributed by atoms with Crippen LogP contribution in [0.25, 0.3) is 0 Å². The lowest BCUT2D eigenvalue weighted by Gasteiger charge is -2.64. The van der Waals surface area contributed by atoms with Crippen molar-refractivity contribution >= 4 is 5.91 Å². The minimum Gasteiger partial charge on any atom is -0.487 e. The van der Waals surface area contributed by atoms with Crippen LogP contribution < -0.4 is 4.74 Å². The Bertz CT molecular complexity index is 1320. The molecule has 5 heteroatoms. The molecule has 1 saturated carbocycles. The molecule has 2 aromatic carbocycles. The molecule has 37 heavy (non-hydrogen) atoms. The molecule has 2 bridgehead atoms. The lowest BCUT2D eigenvalue weighted by molar-refractivity contribution is -0.197. The SMILES string of the molecule is Cc1ccc(C#CC(=O)N(CC(C)C)[C@H]2CC[C@@]3(O)[C@H]4Cc5cccc6c5[C@@]3(CCN4C)[C@H]2O6)cc1C. The summed E-state index contributed by atoms with van der Waals surface area (Å²) >= 11 is 0. The van der Waals surface area contributed by atoms with Crippen molar-refractivity contribution in [3.8, 4) is 17.6 Å². The van der Waals surface area contributed by atoms with E-state index < -0.39 is 11.0 Å². The molecule has 0 unspecified atom stereocenters. The van der Waals surface area contributed by atoms with Gasteiger partial charge in [0, 0.05) is 29.6 Å². The van der Waals surface area contributed by atoms with E-state index in [0.717, 1.165) is 30.7 Å². The first-order chi connectivity index (χ1) is 17.7. The first kappa shape index (κ1) is 24.5. The topological polar surface area (TPSA) is 53.0 Å². The van der Waals surface area contributed by atoms with Crippen molar-refractivity contribution in [1.82, 2.24) is 9.80 Å². The van der Waals surface area contributed by atoms with Crippen molar-refractivity contribution in [3.63, 3.8) is 0 Å². The maximum atomic E-state index is 13.8. The average molecular weight is 499 g/mol. The smallest absolute Gasteiger partial charge is 0.299 e. The van der Waals surface area contributed by atoms with Crippen molar-refractivity contribution in [3.05, 3.63) is 64.2 Å². The Labute approximate surface area is 220 Å². The van der Waals surface area contributed by atoms with Gasteiger partial charge < -0.3 is 19.6 Å². The van der Waals surface area contributed by atoms with E-state index in [2.05, 4.69) is 75.7 Å². The average Bonchev–Trinajstić information content (AvgIpc) is 3.20. The minimum absolute atomic E-state index is 0.0629. The highest BCUT2D eigenvalue weighted by Gasteiger charge is 2.72. The number of aliphatic hydroxyl groups is 1. The van der Waals surface area contributed by atoms with E-state index in [1.54, 1.807) is 0 Å². The van der Waals surface area contributed by atoms with E-state index in [-0.39, 0.29) is 24.1 Å². The van der Waals surface area contributed by atoms with Crippen LogP contribution in [-0.4, -0.2) is 64.7 Å². The van der Waals surface area contributed by atoms with Gasteiger partial charge in [-0.25, -0.2) is 0 Å². The summed E-state index contributed by atoms with van der Waals surface area (Å²) in [7, 11) is 2.14. The molecule has 1 amide bonds. The number of nitrogens with zero attached hydrogens (tertiary/aromatic N) is 2. The molecule has 2 fully saturated rings. The summed E-state index contributed by atoms with van der Waals surface area (Å²) in [4.78, 5) is 18.1.